The maximum Gasteiger partial charge on any atom is 0.344 e. The normalized spacial score (nSPS) is 38.8. The van der Waals surface area contributed by atoms with Crippen LogP contribution in [0.25, 0.3) is 0 Å². The van der Waals surface area contributed by atoms with Gasteiger partial charge < -0.3 is 24.2 Å². The summed E-state index contributed by atoms with van der Waals surface area (Å²) in [5.74, 6) is -0.535. The summed E-state index contributed by atoms with van der Waals surface area (Å²) in [4.78, 5) is 30.4. The lowest BCUT2D eigenvalue weighted by atomic mass is 9.46. The summed E-state index contributed by atoms with van der Waals surface area (Å²) in [5, 5.41) is 12.5. The first-order valence-corrected chi connectivity index (χ1v) is 11.9. The Labute approximate surface area is 194 Å². The fraction of sp³-hybridized carbons (Fsp3) is 0.680. The molecule has 0 unspecified atom stereocenters. The van der Waals surface area contributed by atoms with Crippen molar-refractivity contribution in [2.45, 2.75) is 68.7 Å². The SMILES string of the molecule is CC[C@]12CCCN3CC[C@@]4(c5ccc(OC)cc5N(C)[C@@H]4[C@@](O)(C(=O)OC)[C@@H]1OC(C)=O)[C@H]32. The van der Waals surface area contributed by atoms with Gasteiger partial charge in [0, 0.05) is 42.6 Å². The molecule has 0 radical (unpaired) electrons. The van der Waals surface area contributed by atoms with Crippen molar-refractivity contribution in [3.05, 3.63) is 23.8 Å². The molecule has 180 valence electrons. The van der Waals surface area contributed by atoms with Crippen molar-refractivity contribution < 1.29 is 28.9 Å². The van der Waals surface area contributed by atoms with E-state index in [1.165, 1.54) is 14.0 Å². The minimum absolute atomic E-state index is 0.0279. The largest absolute Gasteiger partial charge is 0.497 e. The van der Waals surface area contributed by atoms with Crippen molar-refractivity contribution in [1.29, 1.82) is 0 Å². The lowest BCUT2D eigenvalue weighted by Gasteiger charge is -2.65. The minimum atomic E-state index is -2.03. The van der Waals surface area contributed by atoms with Crippen molar-refractivity contribution in [3.63, 3.8) is 0 Å². The summed E-state index contributed by atoms with van der Waals surface area (Å²) >= 11 is 0. The van der Waals surface area contributed by atoms with Crippen molar-refractivity contribution in [1.82, 2.24) is 4.90 Å². The zero-order chi connectivity index (χ0) is 23.8. The molecule has 4 aliphatic rings. The summed E-state index contributed by atoms with van der Waals surface area (Å²) in [6.07, 6.45) is 2.16. The maximum atomic E-state index is 13.5. The van der Waals surface area contributed by atoms with Crippen LogP contribution in [0.2, 0.25) is 0 Å². The zero-order valence-corrected chi connectivity index (χ0v) is 20.1. The van der Waals surface area contributed by atoms with Crippen molar-refractivity contribution in [3.8, 4) is 5.75 Å². The van der Waals surface area contributed by atoms with Gasteiger partial charge in [0.15, 0.2) is 6.10 Å². The molecule has 2 saturated heterocycles. The van der Waals surface area contributed by atoms with Crippen LogP contribution in [0.4, 0.5) is 5.69 Å². The first-order valence-electron chi connectivity index (χ1n) is 11.9. The molecule has 6 atom stereocenters. The quantitative estimate of drug-likeness (QED) is 0.684. The minimum Gasteiger partial charge on any atom is -0.497 e. The molecule has 3 fully saturated rings. The van der Waals surface area contributed by atoms with Crippen LogP contribution in [0.1, 0.15) is 45.1 Å². The molecule has 1 aliphatic carbocycles. The fourth-order valence-electron chi connectivity index (χ4n) is 8.16. The molecule has 33 heavy (non-hydrogen) atoms. The number of ether oxygens (including phenoxy) is 3. The maximum absolute atomic E-state index is 13.5. The molecule has 8 heteroatoms. The molecule has 1 spiro atoms. The smallest absolute Gasteiger partial charge is 0.344 e. The van der Waals surface area contributed by atoms with E-state index in [0.717, 1.165) is 43.6 Å². The summed E-state index contributed by atoms with van der Waals surface area (Å²) < 4.78 is 16.7. The Hall–Kier alpha value is -2.32. The van der Waals surface area contributed by atoms with Gasteiger partial charge in [0.2, 0.25) is 5.60 Å². The Morgan fingerprint density at radius 1 is 1.18 bits per heavy atom. The number of esters is 2. The lowest BCUT2D eigenvalue weighted by Crippen LogP contribution is -2.82. The second-order valence-electron chi connectivity index (χ2n) is 10.1. The predicted octanol–water partition coefficient (Wildman–Crippen LogP) is 1.87. The van der Waals surface area contributed by atoms with E-state index in [-0.39, 0.29) is 6.04 Å². The van der Waals surface area contributed by atoms with E-state index in [2.05, 4.69) is 17.9 Å². The van der Waals surface area contributed by atoms with Crippen LogP contribution in [-0.4, -0.2) is 80.1 Å². The van der Waals surface area contributed by atoms with Gasteiger partial charge in [-0.1, -0.05) is 13.0 Å². The zero-order valence-electron chi connectivity index (χ0n) is 20.1. The molecule has 1 aromatic rings. The van der Waals surface area contributed by atoms with Gasteiger partial charge in [-0.15, -0.1) is 0 Å². The Balaban J connectivity index is 1.84. The van der Waals surface area contributed by atoms with E-state index in [0.29, 0.717) is 12.2 Å². The number of piperidine rings is 1. The Bertz CT molecular complexity index is 999. The summed E-state index contributed by atoms with van der Waals surface area (Å²) in [5.41, 5.74) is -1.06. The number of methoxy groups -OCH3 is 2. The first-order chi connectivity index (χ1) is 15.7. The third-order valence-corrected chi connectivity index (χ3v) is 9.05. The summed E-state index contributed by atoms with van der Waals surface area (Å²) in [6.45, 7) is 5.25. The predicted molar refractivity (Wildman–Crippen MR) is 121 cm³/mol. The molecular formula is C25H34N2O6. The highest BCUT2D eigenvalue weighted by atomic mass is 16.6. The molecule has 1 aromatic carbocycles. The number of hydrogen-bond donors (Lipinski definition) is 1. The van der Waals surface area contributed by atoms with E-state index in [4.69, 9.17) is 14.2 Å². The number of fused-ring (bicyclic) bond motifs is 1. The molecule has 0 aromatic heterocycles. The number of aliphatic hydroxyl groups is 1. The fourth-order valence-corrected chi connectivity index (χ4v) is 8.16. The molecule has 8 nitrogen and oxygen atoms in total. The monoisotopic (exact) mass is 458 g/mol. The van der Waals surface area contributed by atoms with Crippen molar-refractivity contribution >= 4 is 17.6 Å². The Kier molecular flexibility index (Phi) is 5.00. The van der Waals surface area contributed by atoms with Crippen molar-refractivity contribution in [2.24, 2.45) is 5.41 Å². The van der Waals surface area contributed by atoms with Gasteiger partial charge in [0.25, 0.3) is 0 Å². The molecule has 1 N–H and O–H groups in total. The number of nitrogens with zero attached hydrogens (tertiary/aromatic N) is 2. The van der Waals surface area contributed by atoms with Crippen LogP contribution in [0.3, 0.4) is 0 Å². The van der Waals surface area contributed by atoms with Gasteiger partial charge in [0.1, 0.15) is 5.75 Å². The van der Waals surface area contributed by atoms with E-state index >= 15 is 0 Å². The highest BCUT2D eigenvalue weighted by molar-refractivity contribution is 5.86. The number of hydrogen-bond acceptors (Lipinski definition) is 8. The van der Waals surface area contributed by atoms with E-state index in [9.17, 15) is 14.7 Å². The lowest BCUT2D eigenvalue weighted by molar-refractivity contribution is -0.242. The Morgan fingerprint density at radius 2 is 1.94 bits per heavy atom. The number of anilines is 1. The van der Waals surface area contributed by atoms with Gasteiger partial charge in [0.05, 0.1) is 20.3 Å². The molecule has 5 rings (SSSR count). The van der Waals surface area contributed by atoms with E-state index in [1.54, 1.807) is 7.11 Å². The van der Waals surface area contributed by atoms with Crippen LogP contribution >= 0.6 is 0 Å². The molecule has 0 amide bonds. The highest BCUT2D eigenvalue weighted by Gasteiger charge is 2.80. The van der Waals surface area contributed by atoms with Gasteiger partial charge in [-0.3, -0.25) is 9.69 Å². The topological polar surface area (TPSA) is 88.5 Å². The van der Waals surface area contributed by atoms with Crippen LogP contribution < -0.4 is 9.64 Å². The number of carbonyl (C=O) groups is 2. The third kappa shape index (κ3) is 2.54. The van der Waals surface area contributed by atoms with Crippen LogP contribution in [0, 0.1) is 5.41 Å². The van der Waals surface area contributed by atoms with Crippen LogP contribution in [0.15, 0.2) is 18.2 Å². The van der Waals surface area contributed by atoms with Gasteiger partial charge in [-0.05, 0) is 50.4 Å². The van der Waals surface area contributed by atoms with Crippen molar-refractivity contribution in [2.75, 3.05) is 39.3 Å². The van der Waals surface area contributed by atoms with Gasteiger partial charge in [-0.25, -0.2) is 4.79 Å². The standard InChI is InChI=1S/C25H34N2O6/c1-6-23-10-7-12-27-13-11-24(19(23)27)17-9-8-16(31-4)14-18(17)26(3)20(24)25(30,22(29)32-5)21(23)33-15(2)28/h8-9,14,19-21,30H,6-7,10-13H2,1-5H3/t19-,20+,21-,23-,24-,25+/m1/s1. The molecule has 3 aliphatic heterocycles. The molecule has 0 bridgehead atoms. The van der Waals surface area contributed by atoms with Crippen LogP contribution in [0.5, 0.6) is 5.75 Å². The van der Waals surface area contributed by atoms with E-state index in [1.807, 2.05) is 24.1 Å². The molecular weight excluding hydrogens is 424 g/mol. The first kappa shape index (κ1) is 22.5. The summed E-state index contributed by atoms with van der Waals surface area (Å²) in [7, 11) is 4.82. The highest BCUT2D eigenvalue weighted by Crippen LogP contribution is 2.68. The van der Waals surface area contributed by atoms with E-state index < -0.39 is 40.5 Å². The van der Waals surface area contributed by atoms with Gasteiger partial charge in [-0.2, -0.15) is 0 Å². The number of likely N-dealkylation sites (N-methyl/N-ethyl adjacent to an activating group) is 1. The van der Waals surface area contributed by atoms with Crippen LogP contribution in [-0.2, 0) is 24.5 Å². The average Bonchev–Trinajstić information content (AvgIpc) is 3.32. The number of carbonyl (C=O) groups excluding carboxylic acids is 2. The average molecular weight is 459 g/mol. The number of rotatable bonds is 4. The van der Waals surface area contributed by atoms with Gasteiger partial charge >= 0.3 is 11.9 Å². The summed E-state index contributed by atoms with van der Waals surface area (Å²) in [6, 6.07) is 5.41. The Morgan fingerprint density at radius 3 is 2.58 bits per heavy atom. The molecule has 1 saturated carbocycles. The second kappa shape index (κ2) is 7.34. The molecule has 3 heterocycles. The second-order valence-corrected chi connectivity index (χ2v) is 10.1. The third-order valence-electron chi connectivity index (χ3n) is 9.05. The number of benzene rings is 1.